The molecule has 0 unspecified atom stereocenters. The van der Waals surface area contributed by atoms with Crippen LogP contribution in [-0.2, 0) is 12.8 Å². The number of thioether (sulfide) groups is 1. The summed E-state index contributed by atoms with van der Waals surface area (Å²) in [5.74, 6) is 6.83. The number of nitrogens with zero attached hydrogens (tertiary/aromatic N) is 2. The van der Waals surface area contributed by atoms with Gasteiger partial charge in [-0.3, -0.25) is 0 Å². The second kappa shape index (κ2) is 7.03. The summed E-state index contributed by atoms with van der Waals surface area (Å²) in [5.41, 5.74) is 2.24. The van der Waals surface area contributed by atoms with Gasteiger partial charge in [-0.25, -0.2) is 4.98 Å². The molecule has 0 atom stereocenters. The summed E-state index contributed by atoms with van der Waals surface area (Å²) in [5, 5.41) is 9.68. The van der Waals surface area contributed by atoms with Gasteiger partial charge in [0.2, 0.25) is 0 Å². The molecule has 3 nitrogen and oxygen atoms in total. The lowest BCUT2D eigenvalue weighted by atomic mass is 10.1. The molecule has 1 heterocycles. The molecule has 0 aliphatic carbocycles. The van der Waals surface area contributed by atoms with Crippen LogP contribution in [0.15, 0.2) is 41.8 Å². The van der Waals surface area contributed by atoms with Crippen LogP contribution >= 0.6 is 11.8 Å². The fourth-order valence-corrected chi connectivity index (χ4v) is 2.43. The number of benzene rings is 1. The highest BCUT2D eigenvalue weighted by Gasteiger charge is 2.00. The van der Waals surface area contributed by atoms with E-state index in [0.29, 0.717) is 6.42 Å². The van der Waals surface area contributed by atoms with Crippen LogP contribution < -0.4 is 0 Å². The molecule has 0 spiro atoms. The van der Waals surface area contributed by atoms with E-state index in [4.69, 9.17) is 5.11 Å². The van der Waals surface area contributed by atoms with Crippen molar-refractivity contribution in [2.24, 2.45) is 7.05 Å². The van der Waals surface area contributed by atoms with Crippen molar-refractivity contribution in [2.45, 2.75) is 17.3 Å². The summed E-state index contributed by atoms with van der Waals surface area (Å²) in [6.45, 7) is 0.116. The molecule has 0 aliphatic rings. The van der Waals surface area contributed by atoms with E-state index in [1.807, 2.05) is 36.1 Å². The molecule has 0 bridgehead atoms. The van der Waals surface area contributed by atoms with Crippen molar-refractivity contribution in [3.8, 4) is 11.8 Å². The Morgan fingerprint density at radius 1 is 1.32 bits per heavy atom. The molecule has 0 fully saturated rings. The Kier molecular flexibility index (Phi) is 5.08. The molecule has 4 heteroatoms. The number of rotatable bonds is 4. The molecular weight excluding hydrogens is 256 g/mol. The van der Waals surface area contributed by atoms with Gasteiger partial charge >= 0.3 is 0 Å². The van der Waals surface area contributed by atoms with Crippen LogP contribution in [0.1, 0.15) is 17.5 Å². The number of aliphatic hydroxyl groups is 1. The Bertz CT molecular complexity index is 578. The van der Waals surface area contributed by atoms with Gasteiger partial charge in [0.1, 0.15) is 0 Å². The largest absolute Gasteiger partial charge is 0.395 e. The summed E-state index contributed by atoms with van der Waals surface area (Å²) < 4.78 is 2.01. The molecule has 0 amide bonds. The maximum Gasteiger partial charge on any atom is 0.167 e. The second-order valence-corrected chi connectivity index (χ2v) is 5.02. The molecule has 2 aromatic rings. The molecule has 2 rings (SSSR count). The summed E-state index contributed by atoms with van der Waals surface area (Å²) >= 11 is 1.72. The number of hydrogen-bond acceptors (Lipinski definition) is 3. The first kappa shape index (κ1) is 13.7. The van der Waals surface area contributed by atoms with Crippen LogP contribution in [-0.4, -0.2) is 21.3 Å². The van der Waals surface area contributed by atoms with Crippen molar-refractivity contribution >= 4 is 11.8 Å². The van der Waals surface area contributed by atoms with Crippen LogP contribution in [0.25, 0.3) is 0 Å². The zero-order valence-electron chi connectivity index (χ0n) is 10.8. The van der Waals surface area contributed by atoms with Crippen molar-refractivity contribution in [2.75, 3.05) is 6.61 Å². The maximum absolute atomic E-state index is 8.66. The van der Waals surface area contributed by atoms with Crippen molar-refractivity contribution < 1.29 is 5.11 Å². The molecule has 0 saturated carbocycles. The average molecular weight is 272 g/mol. The Morgan fingerprint density at radius 3 is 2.74 bits per heavy atom. The van der Waals surface area contributed by atoms with Gasteiger partial charge in [-0.2, -0.15) is 0 Å². The lowest BCUT2D eigenvalue weighted by molar-refractivity contribution is 0.305. The van der Waals surface area contributed by atoms with Crippen molar-refractivity contribution in [3.63, 3.8) is 0 Å². The number of aromatic nitrogens is 2. The molecule has 0 radical (unpaired) electrons. The molecule has 0 aliphatic heterocycles. The van der Waals surface area contributed by atoms with Crippen molar-refractivity contribution in [3.05, 3.63) is 47.8 Å². The number of aryl methyl sites for hydroxylation is 1. The molecule has 1 aromatic carbocycles. The highest BCUT2D eigenvalue weighted by Crippen LogP contribution is 2.20. The molecule has 1 aromatic heterocycles. The van der Waals surface area contributed by atoms with Gasteiger partial charge < -0.3 is 9.67 Å². The zero-order valence-corrected chi connectivity index (χ0v) is 11.7. The standard InChI is InChI=1S/C15H16N2OS/c1-17-10-9-16-15(17)19-12-14-7-5-13(6-8-14)4-2-3-11-18/h5-10,18H,3,11-12H2,1H3. The van der Waals surface area contributed by atoms with E-state index in [2.05, 4.69) is 29.0 Å². The topological polar surface area (TPSA) is 38.0 Å². The first-order chi connectivity index (χ1) is 9.29. The van der Waals surface area contributed by atoms with E-state index in [-0.39, 0.29) is 6.61 Å². The molecule has 0 saturated heterocycles. The third kappa shape index (κ3) is 4.16. The minimum absolute atomic E-state index is 0.116. The second-order valence-electron chi connectivity index (χ2n) is 4.08. The van der Waals surface area contributed by atoms with Crippen LogP contribution in [0.4, 0.5) is 0 Å². The van der Waals surface area contributed by atoms with E-state index in [9.17, 15) is 0 Å². The first-order valence-corrected chi connectivity index (χ1v) is 7.07. The van der Waals surface area contributed by atoms with E-state index < -0.39 is 0 Å². The highest BCUT2D eigenvalue weighted by molar-refractivity contribution is 7.98. The Balaban J connectivity index is 1.92. The van der Waals surface area contributed by atoms with E-state index in [1.54, 1.807) is 11.8 Å². The Hall–Kier alpha value is -1.70. The summed E-state index contributed by atoms with van der Waals surface area (Å²) in [7, 11) is 2.00. The van der Waals surface area contributed by atoms with E-state index >= 15 is 0 Å². The van der Waals surface area contributed by atoms with Crippen LogP contribution in [0.3, 0.4) is 0 Å². The maximum atomic E-state index is 8.66. The van der Waals surface area contributed by atoms with Gasteiger partial charge in [0.15, 0.2) is 5.16 Å². The molecule has 1 N–H and O–H groups in total. The number of hydrogen-bond donors (Lipinski definition) is 1. The first-order valence-electron chi connectivity index (χ1n) is 6.08. The predicted octanol–water partition coefficient (Wildman–Crippen LogP) is 2.45. The fourth-order valence-electron chi connectivity index (χ4n) is 1.54. The third-order valence-corrected chi connectivity index (χ3v) is 3.70. The van der Waals surface area contributed by atoms with Crippen LogP contribution in [0.2, 0.25) is 0 Å². The van der Waals surface area contributed by atoms with Gasteiger partial charge in [-0.15, -0.1) is 0 Å². The highest BCUT2D eigenvalue weighted by atomic mass is 32.2. The zero-order chi connectivity index (χ0) is 13.5. The molecular formula is C15H16N2OS. The minimum Gasteiger partial charge on any atom is -0.395 e. The molecule has 98 valence electrons. The monoisotopic (exact) mass is 272 g/mol. The summed E-state index contributed by atoms with van der Waals surface area (Å²) in [4.78, 5) is 4.28. The lowest BCUT2D eigenvalue weighted by Crippen LogP contribution is -1.89. The minimum atomic E-state index is 0.116. The average Bonchev–Trinajstić information content (AvgIpc) is 2.84. The van der Waals surface area contributed by atoms with Gasteiger partial charge in [0, 0.05) is 37.2 Å². The normalized spacial score (nSPS) is 10.0. The van der Waals surface area contributed by atoms with E-state index in [1.165, 1.54) is 5.56 Å². The van der Waals surface area contributed by atoms with Crippen LogP contribution in [0, 0.1) is 11.8 Å². The molecule has 19 heavy (non-hydrogen) atoms. The Morgan fingerprint density at radius 2 is 2.11 bits per heavy atom. The van der Waals surface area contributed by atoms with Gasteiger partial charge in [-0.05, 0) is 17.7 Å². The Labute approximate surface area is 117 Å². The fraction of sp³-hybridized carbons (Fsp3) is 0.267. The van der Waals surface area contributed by atoms with Crippen molar-refractivity contribution in [1.29, 1.82) is 0 Å². The summed E-state index contributed by atoms with van der Waals surface area (Å²) in [6, 6.07) is 8.19. The summed E-state index contributed by atoms with van der Waals surface area (Å²) in [6.07, 6.45) is 4.28. The SMILES string of the molecule is Cn1ccnc1SCc1ccc(C#CCCO)cc1. The van der Waals surface area contributed by atoms with Crippen molar-refractivity contribution in [1.82, 2.24) is 9.55 Å². The van der Waals surface area contributed by atoms with Gasteiger partial charge in [0.05, 0.1) is 6.61 Å². The van der Waals surface area contributed by atoms with Gasteiger partial charge in [0.25, 0.3) is 0 Å². The smallest absolute Gasteiger partial charge is 0.167 e. The lowest BCUT2D eigenvalue weighted by Gasteiger charge is -2.02. The van der Waals surface area contributed by atoms with Crippen LogP contribution in [0.5, 0.6) is 0 Å². The predicted molar refractivity (Wildman–Crippen MR) is 77.8 cm³/mol. The van der Waals surface area contributed by atoms with Gasteiger partial charge in [-0.1, -0.05) is 35.7 Å². The number of imidazole rings is 1. The van der Waals surface area contributed by atoms with E-state index in [0.717, 1.165) is 16.5 Å². The number of aliphatic hydroxyl groups excluding tert-OH is 1. The quantitative estimate of drug-likeness (QED) is 0.686. The third-order valence-electron chi connectivity index (χ3n) is 2.57.